The molecule has 0 aliphatic rings. The summed E-state index contributed by atoms with van der Waals surface area (Å²) < 4.78 is 0. The van der Waals surface area contributed by atoms with Crippen molar-refractivity contribution < 1.29 is 9.90 Å². The zero-order valence-electron chi connectivity index (χ0n) is 10.0. The summed E-state index contributed by atoms with van der Waals surface area (Å²) >= 11 is 0. The van der Waals surface area contributed by atoms with E-state index in [1.54, 1.807) is 0 Å². The molecule has 1 aromatic heterocycles. The first-order valence-electron chi connectivity index (χ1n) is 5.49. The van der Waals surface area contributed by atoms with Gasteiger partial charge in [-0.05, 0) is 19.1 Å². The fourth-order valence-corrected chi connectivity index (χ4v) is 1.76. The second-order valence-electron chi connectivity index (χ2n) is 3.90. The molecule has 0 aliphatic heterocycles. The minimum atomic E-state index is -0.799. The van der Waals surface area contributed by atoms with Crippen molar-refractivity contribution in [2.24, 2.45) is 0 Å². The molecule has 4 nitrogen and oxygen atoms in total. The van der Waals surface area contributed by atoms with Crippen LogP contribution >= 0.6 is 12.4 Å². The van der Waals surface area contributed by atoms with Crippen molar-refractivity contribution >= 4 is 35.0 Å². The normalized spacial score (nSPS) is 9.83. The summed E-state index contributed by atoms with van der Waals surface area (Å²) in [5.74, 6) is -0.799. The highest BCUT2D eigenvalue weighted by atomic mass is 35.5. The first kappa shape index (κ1) is 14.3. The lowest BCUT2D eigenvalue weighted by molar-refractivity contribution is -0.136. The highest BCUT2D eigenvalue weighted by molar-refractivity contribution is 5.91. The van der Waals surface area contributed by atoms with Crippen LogP contribution in [0.3, 0.4) is 0 Å². The Bertz CT molecular complexity index is 558. The Morgan fingerprint density at radius 1 is 1.39 bits per heavy atom. The first-order chi connectivity index (χ1) is 8.16. The van der Waals surface area contributed by atoms with Crippen LogP contribution in [0.25, 0.3) is 10.9 Å². The van der Waals surface area contributed by atoms with Gasteiger partial charge in [-0.3, -0.25) is 9.78 Å². The second-order valence-corrected chi connectivity index (χ2v) is 3.90. The van der Waals surface area contributed by atoms with Gasteiger partial charge in [-0.15, -0.1) is 12.4 Å². The Balaban J connectivity index is 0.00000162. The number of carbonyl (C=O) groups is 1. The van der Waals surface area contributed by atoms with Gasteiger partial charge in [0.2, 0.25) is 0 Å². The van der Waals surface area contributed by atoms with Crippen molar-refractivity contribution in [1.29, 1.82) is 0 Å². The summed E-state index contributed by atoms with van der Waals surface area (Å²) in [6, 6.07) is 9.75. The third kappa shape index (κ3) is 3.34. The molecule has 0 bridgehead atoms. The molecule has 0 amide bonds. The van der Waals surface area contributed by atoms with Crippen LogP contribution in [0.5, 0.6) is 0 Å². The van der Waals surface area contributed by atoms with Crippen molar-refractivity contribution in [1.82, 2.24) is 4.98 Å². The van der Waals surface area contributed by atoms with Crippen LogP contribution in [-0.4, -0.2) is 22.6 Å². The zero-order chi connectivity index (χ0) is 12.3. The largest absolute Gasteiger partial charge is 0.481 e. The standard InChI is InChI=1S/C13H14N2O2.ClH/c1-9-8-12(14-7-6-13(16)17)10-4-2-3-5-11(10)15-9;/h2-5,8H,6-7H2,1H3,(H,14,15)(H,16,17);1H. The molecule has 0 aliphatic carbocycles. The molecule has 0 spiro atoms. The number of carboxylic acids is 1. The lowest BCUT2D eigenvalue weighted by atomic mass is 10.1. The number of para-hydroxylation sites is 1. The average molecular weight is 267 g/mol. The molecule has 0 saturated carbocycles. The molecule has 0 atom stereocenters. The van der Waals surface area contributed by atoms with Crippen molar-refractivity contribution in [3.63, 3.8) is 0 Å². The number of benzene rings is 1. The molecule has 1 aromatic carbocycles. The van der Waals surface area contributed by atoms with Gasteiger partial charge in [0.15, 0.2) is 0 Å². The molecule has 0 radical (unpaired) electrons. The van der Waals surface area contributed by atoms with E-state index in [9.17, 15) is 4.79 Å². The number of anilines is 1. The van der Waals surface area contributed by atoms with Gasteiger partial charge in [0.05, 0.1) is 11.9 Å². The van der Waals surface area contributed by atoms with Gasteiger partial charge in [-0.25, -0.2) is 0 Å². The number of aryl methyl sites for hydroxylation is 1. The maximum absolute atomic E-state index is 10.5. The van der Waals surface area contributed by atoms with E-state index in [0.29, 0.717) is 6.54 Å². The number of nitrogens with one attached hydrogen (secondary N) is 1. The van der Waals surface area contributed by atoms with Crippen LogP contribution in [0.2, 0.25) is 0 Å². The van der Waals surface area contributed by atoms with Crippen molar-refractivity contribution in [3.8, 4) is 0 Å². The molecular formula is C13H15ClN2O2. The summed E-state index contributed by atoms with van der Waals surface area (Å²) in [6.07, 6.45) is 0.107. The van der Waals surface area contributed by atoms with Crippen molar-refractivity contribution in [3.05, 3.63) is 36.0 Å². The molecule has 96 valence electrons. The lowest BCUT2D eigenvalue weighted by Gasteiger charge is -2.09. The maximum atomic E-state index is 10.5. The average Bonchev–Trinajstić information content (AvgIpc) is 2.28. The van der Waals surface area contributed by atoms with Gasteiger partial charge in [0.1, 0.15) is 0 Å². The predicted octanol–water partition coefficient (Wildman–Crippen LogP) is 2.85. The monoisotopic (exact) mass is 266 g/mol. The van der Waals surface area contributed by atoms with Crippen LogP contribution in [0.4, 0.5) is 5.69 Å². The van der Waals surface area contributed by atoms with Crippen LogP contribution in [0.1, 0.15) is 12.1 Å². The number of rotatable bonds is 4. The number of nitrogens with zero attached hydrogens (tertiary/aromatic N) is 1. The van der Waals surface area contributed by atoms with Crippen molar-refractivity contribution in [2.45, 2.75) is 13.3 Å². The number of hydrogen-bond donors (Lipinski definition) is 2. The van der Waals surface area contributed by atoms with E-state index >= 15 is 0 Å². The molecule has 0 saturated heterocycles. The number of aliphatic carboxylic acids is 1. The smallest absolute Gasteiger partial charge is 0.305 e. The fourth-order valence-electron chi connectivity index (χ4n) is 1.76. The molecular weight excluding hydrogens is 252 g/mol. The molecule has 5 heteroatoms. The van der Waals surface area contributed by atoms with E-state index in [1.165, 1.54) is 0 Å². The van der Waals surface area contributed by atoms with E-state index < -0.39 is 5.97 Å². The number of carboxylic acid groups (broad SMARTS) is 1. The Hall–Kier alpha value is -1.81. The van der Waals surface area contributed by atoms with Gasteiger partial charge < -0.3 is 10.4 Å². The predicted molar refractivity (Wildman–Crippen MR) is 74.5 cm³/mol. The van der Waals surface area contributed by atoms with Crippen LogP contribution in [0.15, 0.2) is 30.3 Å². The highest BCUT2D eigenvalue weighted by Gasteiger charge is 2.03. The summed E-state index contributed by atoms with van der Waals surface area (Å²) in [6.45, 7) is 2.34. The van der Waals surface area contributed by atoms with E-state index in [0.717, 1.165) is 22.3 Å². The summed E-state index contributed by atoms with van der Waals surface area (Å²) in [7, 11) is 0. The van der Waals surface area contributed by atoms with E-state index in [2.05, 4.69) is 10.3 Å². The Labute approximate surface area is 111 Å². The molecule has 1 heterocycles. The maximum Gasteiger partial charge on any atom is 0.305 e. The molecule has 0 fully saturated rings. The molecule has 2 rings (SSSR count). The van der Waals surface area contributed by atoms with Gasteiger partial charge in [0.25, 0.3) is 0 Å². The van der Waals surface area contributed by atoms with E-state index in [1.807, 2.05) is 37.3 Å². The van der Waals surface area contributed by atoms with E-state index in [4.69, 9.17) is 5.11 Å². The van der Waals surface area contributed by atoms with Gasteiger partial charge in [-0.1, -0.05) is 18.2 Å². The number of pyridine rings is 1. The second kappa shape index (κ2) is 6.21. The third-order valence-electron chi connectivity index (χ3n) is 2.50. The Morgan fingerprint density at radius 2 is 2.11 bits per heavy atom. The van der Waals surface area contributed by atoms with Gasteiger partial charge in [-0.2, -0.15) is 0 Å². The van der Waals surface area contributed by atoms with Gasteiger partial charge in [0, 0.05) is 23.3 Å². The topological polar surface area (TPSA) is 62.2 Å². The van der Waals surface area contributed by atoms with Crippen LogP contribution in [0, 0.1) is 6.92 Å². The SMILES string of the molecule is Cc1cc(NCCC(=O)O)c2ccccc2n1.Cl. The third-order valence-corrected chi connectivity index (χ3v) is 2.50. The van der Waals surface area contributed by atoms with Gasteiger partial charge >= 0.3 is 5.97 Å². The molecule has 2 N–H and O–H groups in total. The summed E-state index contributed by atoms with van der Waals surface area (Å²) in [4.78, 5) is 14.9. The minimum absolute atomic E-state index is 0. The lowest BCUT2D eigenvalue weighted by Crippen LogP contribution is -2.08. The molecule has 2 aromatic rings. The Kier molecular flexibility index (Phi) is 4.92. The minimum Gasteiger partial charge on any atom is -0.481 e. The number of aromatic nitrogens is 1. The van der Waals surface area contributed by atoms with Crippen LogP contribution < -0.4 is 5.32 Å². The zero-order valence-corrected chi connectivity index (χ0v) is 10.8. The van der Waals surface area contributed by atoms with Crippen LogP contribution in [-0.2, 0) is 4.79 Å². The van der Waals surface area contributed by atoms with Crippen molar-refractivity contribution in [2.75, 3.05) is 11.9 Å². The summed E-state index contributed by atoms with van der Waals surface area (Å²) in [5.41, 5.74) is 2.78. The molecule has 18 heavy (non-hydrogen) atoms. The summed E-state index contributed by atoms with van der Waals surface area (Å²) in [5, 5.41) is 12.8. The molecule has 0 unspecified atom stereocenters. The highest BCUT2D eigenvalue weighted by Crippen LogP contribution is 2.22. The number of fused-ring (bicyclic) bond motifs is 1. The number of hydrogen-bond acceptors (Lipinski definition) is 3. The number of halogens is 1. The van der Waals surface area contributed by atoms with E-state index in [-0.39, 0.29) is 18.8 Å². The first-order valence-corrected chi connectivity index (χ1v) is 5.49. The Morgan fingerprint density at radius 3 is 2.83 bits per heavy atom. The quantitative estimate of drug-likeness (QED) is 0.893. The fraction of sp³-hybridized carbons (Fsp3) is 0.231.